The molecule has 1 rings (SSSR count). The van der Waals surface area contributed by atoms with Crippen LogP contribution >= 0.6 is 0 Å². The van der Waals surface area contributed by atoms with E-state index in [2.05, 4.69) is 6.92 Å². The van der Waals surface area contributed by atoms with Gasteiger partial charge >= 0.3 is 11.7 Å². The molecule has 0 unspecified atom stereocenters. The Bertz CT molecular complexity index is 559. The van der Waals surface area contributed by atoms with Crippen LogP contribution in [0.15, 0.2) is 18.2 Å². The molecule has 0 radical (unpaired) electrons. The van der Waals surface area contributed by atoms with E-state index in [1.807, 2.05) is 0 Å². The Balaban J connectivity index is 2.16. The van der Waals surface area contributed by atoms with Crippen LogP contribution in [0.25, 0.3) is 0 Å². The molecular formula is C20H31NO5. The molecule has 1 aromatic carbocycles. The number of hydrogen-bond donors (Lipinski definition) is 1. The number of ether oxygens (including phenoxy) is 1. The second-order valence-corrected chi connectivity index (χ2v) is 6.63. The van der Waals surface area contributed by atoms with Gasteiger partial charge in [-0.05, 0) is 18.6 Å². The van der Waals surface area contributed by atoms with E-state index in [1.54, 1.807) is 0 Å². The van der Waals surface area contributed by atoms with Gasteiger partial charge in [0, 0.05) is 6.07 Å². The molecule has 0 spiro atoms. The molecule has 0 atom stereocenters. The van der Waals surface area contributed by atoms with Crippen molar-refractivity contribution in [1.82, 2.24) is 0 Å². The largest absolute Gasteiger partial charge is 0.487 e. The van der Waals surface area contributed by atoms with Crippen LogP contribution < -0.4 is 4.74 Å². The van der Waals surface area contributed by atoms with Crippen molar-refractivity contribution in [2.24, 2.45) is 0 Å². The van der Waals surface area contributed by atoms with E-state index >= 15 is 0 Å². The lowest BCUT2D eigenvalue weighted by molar-refractivity contribution is -0.385. The standard InChI is InChI=1S/C20H31NO5/c1-2-3-4-5-6-7-8-9-10-11-12-15-26-19-14-13-17(20(22)23)16-18(19)21(24)25/h13-14,16H,2-12,15H2,1H3,(H,22,23). The Hall–Kier alpha value is -2.11. The highest BCUT2D eigenvalue weighted by Gasteiger charge is 2.18. The van der Waals surface area contributed by atoms with Crippen LogP contribution in [0.3, 0.4) is 0 Å². The van der Waals surface area contributed by atoms with E-state index in [0.29, 0.717) is 6.61 Å². The van der Waals surface area contributed by atoms with Crippen molar-refractivity contribution in [3.63, 3.8) is 0 Å². The van der Waals surface area contributed by atoms with Crippen molar-refractivity contribution >= 4 is 11.7 Å². The van der Waals surface area contributed by atoms with E-state index in [0.717, 1.165) is 25.3 Å². The average molecular weight is 365 g/mol. The highest BCUT2D eigenvalue weighted by atomic mass is 16.6. The number of carboxylic acid groups (broad SMARTS) is 1. The summed E-state index contributed by atoms with van der Waals surface area (Å²) < 4.78 is 5.48. The molecule has 0 heterocycles. The Morgan fingerprint density at radius 3 is 2.04 bits per heavy atom. The third-order valence-electron chi connectivity index (χ3n) is 4.41. The smallest absolute Gasteiger partial charge is 0.335 e. The van der Waals surface area contributed by atoms with E-state index < -0.39 is 10.9 Å². The number of unbranched alkanes of at least 4 members (excludes halogenated alkanes) is 10. The van der Waals surface area contributed by atoms with E-state index in [-0.39, 0.29) is 17.0 Å². The molecule has 0 fully saturated rings. The summed E-state index contributed by atoms with van der Waals surface area (Å²) in [6, 6.07) is 3.73. The molecule has 0 aliphatic rings. The predicted molar refractivity (Wildman–Crippen MR) is 102 cm³/mol. The molecule has 26 heavy (non-hydrogen) atoms. The summed E-state index contributed by atoms with van der Waals surface area (Å²) in [6.45, 7) is 2.64. The van der Waals surface area contributed by atoms with Gasteiger partial charge in [0.05, 0.1) is 17.1 Å². The van der Waals surface area contributed by atoms with Gasteiger partial charge in [0.2, 0.25) is 0 Å². The lowest BCUT2D eigenvalue weighted by Crippen LogP contribution is -2.03. The lowest BCUT2D eigenvalue weighted by atomic mass is 10.1. The summed E-state index contributed by atoms with van der Waals surface area (Å²) in [5.41, 5.74) is -0.410. The van der Waals surface area contributed by atoms with Gasteiger partial charge in [-0.1, -0.05) is 71.1 Å². The SMILES string of the molecule is CCCCCCCCCCCCCOc1ccc(C(=O)O)cc1[N+](=O)[O-]. The summed E-state index contributed by atoms with van der Waals surface area (Å²) in [6.07, 6.45) is 13.5. The number of benzene rings is 1. The summed E-state index contributed by atoms with van der Waals surface area (Å²) in [4.78, 5) is 21.3. The Labute approximate surface area is 155 Å². The maximum atomic E-state index is 11.0. The van der Waals surface area contributed by atoms with Crippen LogP contribution in [-0.4, -0.2) is 22.6 Å². The molecule has 0 amide bonds. The van der Waals surface area contributed by atoms with Gasteiger partial charge < -0.3 is 9.84 Å². The topological polar surface area (TPSA) is 89.7 Å². The molecule has 1 aromatic rings. The molecule has 146 valence electrons. The third kappa shape index (κ3) is 8.83. The minimum Gasteiger partial charge on any atom is -0.487 e. The van der Waals surface area contributed by atoms with Gasteiger partial charge in [-0.2, -0.15) is 0 Å². The first-order valence-electron chi connectivity index (χ1n) is 9.70. The Morgan fingerprint density at radius 1 is 1.00 bits per heavy atom. The normalized spacial score (nSPS) is 10.7. The summed E-state index contributed by atoms with van der Waals surface area (Å²) in [7, 11) is 0. The first kappa shape index (κ1) is 21.9. The molecule has 6 heteroatoms. The van der Waals surface area contributed by atoms with Crippen LogP contribution in [-0.2, 0) is 0 Å². The highest BCUT2D eigenvalue weighted by Crippen LogP contribution is 2.28. The number of nitro groups is 1. The molecule has 0 saturated carbocycles. The van der Waals surface area contributed by atoms with Crippen molar-refractivity contribution < 1.29 is 19.6 Å². The second-order valence-electron chi connectivity index (χ2n) is 6.63. The van der Waals surface area contributed by atoms with Crippen LogP contribution in [0.4, 0.5) is 5.69 Å². The minimum atomic E-state index is -1.19. The molecule has 0 aliphatic heterocycles. The molecule has 1 N–H and O–H groups in total. The number of nitrogens with zero attached hydrogens (tertiary/aromatic N) is 1. The van der Waals surface area contributed by atoms with Gasteiger partial charge in [0.25, 0.3) is 0 Å². The number of nitro benzene ring substituents is 1. The number of carbonyl (C=O) groups is 1. The molecule has 0 bridgehead atoms. The average Bonchev–Trinajstić information content (AvgIpc) is 2.62. The predicted octanol–water partition coefficient (Wildman–Crippen LogP) is 5.98. The molecule has 0 saturated heterocycles. The number of rotatable bonds is 15. The van der Waals surface area contributed by atoms with Gasteiger partial charge in [-0.25, -0.2) is 4.79 Å². The zero-order chi connectivity index (χ0) is 19.2. The van der Waals surface area contributed by atoms with Crippen molar-refractivity contribution in [3.05, 3.63) is 33.9 Å². The van der Waals surface area contributed by atoms with Crippen LogP contribution in [0, 0.1) is 10.1 Å². The third-order valence-corrected chi connectivity index (χ3v) is 4.41. The fraction of sp³-hybridized carbons (Fsp3) is 0.650. The maximum absolute atomic E-state index is 11.0. The monoisotopic (exact) mass is 365 g/mol. The van der Waals surface area contributed by atoms with Gasteiger partial charge in [0.15, 0.2) is 5.75 Å². The minimum absolute atomic E-state index is 0.112. The van der Waals surface area contributed by atoms with E-state index in [1.165, 1.54) is 63.5 Å². The number of carboxylic acids is 1. The highest BCUT2D eigenvalue weighted by molar-refractivity contribution is 5.88. The maximum Gasteiger partial charge on any atom is 0.335 e. The zero-order valence-electron chi connectivity index (χ0n) is 15.7. The van der Waals surface area contributed by atoms with Crippen molar-refractivity contribution in [3.8, 4) is 5.75 Å². The van der Waals surface area contributed by atoms with Gasteiger partial charge in [0.1, 0.15) is 0 Å². The fourth-order valence-electron chi connectivity index (χ4n) is 2.86. The summed E-state index contributed by atoms with van der Waals surface area (Å²) >= 11 is 0. The second kappa shape index (κ2) is 13.1. The Kier molecular flexibility index (Phi) is 11.1. The van der Waals surface area contributed by atoms with Gasteiger partial charge in [-0.15, -0.1) is 0 Å². The quantitative estimate of drug-likeness (QED) is 0.234. The first-order chi connectivity index (χ1) is 12.6. The summed E-state index contributed by atoms with van der Waals surface area (Å²) in [5, 5.41) is 20.0. The Morgan fingerprint density at radius 2 is 1.54 bits per heavy atom. The fourth-order valence-corrected chi connectivity index (χ4v) is 2.86. The number of aromatic carboxylic acids is 1. The molecule has 0 aliphatic carbocycles. The molecule has 0 aromatic heterocycles. The van der Waals surface area contributed by atoms with Crippen molar-refractivity contribution in [2.45, 2.75) is 77.6 Å². The first-order valence-corrected chi connectivity index (χ1v) is 9.70. The summed E-state index contributed by atoms with van der Waals surface area (Å²) in [5.74, 6) is -1.06. The van der Waals surface area contributed by atoms with E-state index in [4.69, 9.17) is 9.84 Å². The van der Waals surface area contributed by atoms with Crippen LogP contribution in [0.2, 0.25) is 0 Å². The molecular weight excluding hydrogens is 334 g/mol. The van der Waals surface area contributed by atoms with Gasteiger partial charge in [-0.3, -0.25) is 10.1 Å². The van der Waals surface area contributed by atoms with E-state index in [9.17, 15) is 14.9 Å². The number of hydrogen-bond acceptors (Lipinski definition) is 4. The van der Waals surface area contributed by atoms with Crippen molar-refractivity contribution in [1.29, 1.82) is 0 Å². The molecule has 6 nitrogen and oxygen atoms in total. The zero-order valence-corrected chi connectivity index (χ0v) is 15.7. The van der Waals surface area contributed by atoms with Crippen molar-refractivity contribution in [2.75, 3.05) is 6.61 Å². The lowest BCUT2D eigenvalue weighted by Gasteiger charge is -2.07. The van der Waals surface area contributed by atoms with Crippen LogP contribution in [0.1, 0.15) is 87.9 Å². The van der Waals surface area contributed by atoms with Crippen LogP contribution in [0.5, 0.6) is 5.75 Å².